The van der Waals surface area contributed by atoms with Gasteiger partial charge >= 0.3 is 11.9 Å². The molecule has 17 heavy (non-hydrogen) atoms. The van der Waals surface area contributed by atoms with Gasteiger partial charge in [0.2, 0.25) is 0 Å². The highest BCUT2D eigenvalue weighted by Gasteiger charge is 2.15. The number of hydrogen-bond acceptors (Lipinski definition) is 6. The van der Waals surface area contributed by atoms with Crippen LogP contribution in [0.15, 0.2) is 0 Å². The molecule has 0 aliphatic carbocycles. The maximum atomic E-state index is 11.2. The van der Waals surface area contributed by atoms with E-state index in [4.69, 9.17) is 14.2 Å². The van der Waals surface area contributed by atoms with Crippen molar-refractivity contribution in [3.63, 3.8) is 0 Å². The molecule has 0 aliphatic rings. The predicted octanol–water partition coefficient (Wildman–Crippen LogP) is 0.534. The number of rotatable bonds is 7. The summed E-state index contributed by atoms with van der Waals surface area (Å²) in [7, 11) is 1.28. The molecule has 0 heterocycles. The topological polar surface area (TPSA) is 71.1 Å². The Morgan fingerprint density at radius 3 is 1.82 bits per heavy atom. The minimum atomic E-state index is -0.512. The summed E-state index contributed by atoms with van der Waals surface area (Å²) in [5.74, 6) is -0.873. The van der Waals surface area contributed by atoms with Crippen molar-refractivity contribution in [3.05, 3.63) is 0 Å². The smallest absolute Gasteiger partial charge is 0.332 e. The van der Waals surface area contributed by atoms with E-state index in [0.29, 0.717) is 0 Å². The van der Waals surface area contributed by atoms with Gasteiger partial charge in [0.25, 0.3) is 0 Å². The third-order valence-corrected chi connectivity index (χ3v) is 1.46. The largest absolute Gasteiger partial charge is 0.467 e. The zero-order chi connectivity index (χ0) is 13.3. The predicted molar refractivity (Wildman–Crippen MR) is 59.5 cm³/mol. The second-order valence-electron chi connectivity index (χ2n) is 4.27. The van der Waals surface area contributed by atoms with Gasteiger partial charge in [-0.1, -0.05) is 0 Å². The first-order chi connectivity index (χ1) is 7.85. The van der Waals surface area contributed by atoms with Gasteiger partial charge in [0.15, 0.2) is 0 Å². The summed E-state index contributed by atoms with van der Waals surface area (Å²) in [6.07, 6.45) is 0. The molecule has 0 atom stereocenters. The van der Waals surface area contributed by atoms with Gasteiger partial charge in [0.1, 0.15) is 18.8 Å². The van der Waals surface area contributed by atoms with Crippen molar-refractivity contribution in [2.45, 2.75) is 26.4 Å². The molecule has 0 amide bonds. The van der Waals surface area contributed by atoms with Crippen LogP contribution in [0, 0.1) is 0 Å². The van der Waals surface area contributed by atoms with E-state index >= 15 is 0 Å². The van der Waals surface area contributed by atoms with Crippen LogP contribution in [0.2, 0.25) is 0 Å². The first kappa shape index (κ1) is 15.9. The molecule has 0 aliphatic heterocycles. The first-order valence-electron chi connectivity index (χ1n) is 5.29. The summed E-state index contributed by atoms with van der Waals surface area (Å²) in [5, 5.41) is 0. The molecule has 0 rings (SSSR count). The van der Waals surface area contributed by atoms with Crippen molar-refractivity contribution >= 4 is 11.9 Å². The summed E-state index contributed by atoms with van der Waals surface area (Å²) in [4.78, 5) is 21.8. The number of carbonyl (C=O) groups is 2. The van der Waals surface area contributed by atoms with Gasteiger partial charge in [-0.15, -0.1) is 0 Å². The molecule has 0 aromatic carbocycles. The van der Waals surface area contributed by atoms with Gasteiger partial charge in [-0.3, -0.25) is 0 Å². The van der Waals surface area contributed by atoms with Crippen LogP contribution in [0.3, 0.4) is 0 Å². The SMILES string of the molecule is COC(=O)COCCOCC(=O)OC(C)(C)C. The van der Waals surface area contributed by atoms with Crippen LogP contribution in [0.5, 0.6) is 0 Å². The zero-order valence-corrected chi connectivity index (χ0v) is 10.8. The highest BCUT2D eigenvalue weighted by Crippen LogP contribution is 2.06. The van der Waals surface area contributed by atoms with Crippen LogP contribution in [0.1, 0.15) is 20.8 Å². The van der Waals surface area contributed by atoms with E-state index in [2.05, 4.69) is 4.74 Å². The second-order valence-corrected chi connectivity index (χ2v) is 4.27. The lowest BCUT2D eigenvalue weighted by atomic mass is 10.2. The maximum absolute atomic E-state index is 11.2. The molecular weight excluding hydrogens is 228 g/mol. The van der Waals surface area contributed by atoms with Crippen molar-refractivity contribution < 1.29 is 28.5 Å². The molecule has 0 radical (unpaired) electrons. The lowest BCUT2D eigenvalue weighted by molar-refractivity contribution is -0.161. The van der Waals surface area contributed by atoms with Crippen molar-refractivity contribution in [1.82, 2.24) is 0 Å². The summed E-state index contributed by atoms with van der Waals surface area (Å²) >= 11 is 0. The lowest BCUT2D eigenvalue weighted by Gasteiger charge is -2.19. The molecule has 0 aromatic heterocycles. The van der Waals surface area contributed by atoms with Gasteiger partial charge in [-0.05, 0) is 20.8 Å². The average Bonchev–Trinajstić information content (AvgIpc) is 2.20. The van der Waals surface area contributed by atoms with E-state index in [-0.39, 0.29) is 26.4 Å². The molecular formula is C11H20O6. The first-order valence-corrected chi connectivity index (χ1v) is 5.29. The monoisotopic (exact) mass is 248 g/mol. The highest BCUT2D eigenvalue weighted by molar-refractivity contribution is 5.71. The van der Waals surface area contributed by atoms with Gasteiger partial charge in [0.05, 0.1) is 20.3 Å². The number of carbonyl (C=O) groups excluding carboxylic acids is 2. The molecule has 0 saturated heterocycles. The molecule has 6 nitrogen and oxygen atoms in total. The lowest BCUT2D eigenvalue weighted by Crippen LogP contribution is -2.27. The summed E-state index contributed by atoms with van der Waals surface area (Å²) < 4.78 is 19.3. The van der Waals surface area contributed by atoms with E-state index in [1.165, 1.54) is 7.11 Å². The number of esters is 2. The van der Waals surface area contributed by atoms with Crippen LogP contribution >= 0.6 is 0 Å². The Labute approximate surface area is 101 Å². The summed E-state index contributed by atoms with van der Waals surface area (Å²) in [6, 6.07) is 0. The van der Waals surface area contributed by atoms with E-state index in [0.717, 1.165) is 0 Å². The number of methoxy groups -OCH3 is 1. The fraction of sp³-hybridized carbons (Fsp3) is 0.818. The summed E-state index contributed by atoms with van der Waals surface area (Å²) in [6.45, 7) is 5.54. The van der Waals surface area contributed by atoms with Crippen LogP contribution in [-0.4, -0.2) is 51.1 Å². The van der Waals surface area contributed by atoms with E-state index in [1.54, 1.807) is 20.8 Å². The van der Waals surface area contributed by atoms with Crippen molar-refractivity contribution in [3.8, 4) is 0 Å². The van der Waals surface area contributed by atoms with Gasteiger partial charge in [-0.25, -0.2) is 9.59 Å². The quantitative estimate of drug-likeness (QED) is 0.483. The molecule has 0 saturated carbocycles. The van der Waals surface area contributed by atoms with Gasteiger partial charge < -0.3 is 18.9 Å². The Morgan fingerprint density at radius 2 is 1.41 bits per heavy atom. The Hall–Kier alpha value is -1.14. The standard InChI is InChI=1S/C11H20O6/c1-11(2,3)17-10(13)8-16-6-5-15-7-9(12)14-4/h5-8H2,1-4H3. The molecule has 0 fully saturated rings. The van der Waals surface area contributed by atoms with E-state index in [1.807, 2.05) is 0 Å². The zero-order valence-electron chi connectivity index (χ0n) is 10.8. The Bertz CT molecular complexity index is 243. The van der Waals surface area contributed by atoms with Crippen molar-refractivity contribution in [1.29, 1.82) is 0 Å². The Kier molecular flexibility index (Phi) is 7.49. The highest BCUT2D eigenvalue weighted by atomic mass is 16.6. The fourth-order valence-electron chi connectivity index (χ4n) is 0.859. The molecule has 0 aromatic rings. The minimum Gasteiger partial charge on any atom is -0.467 e. The van der Waals surface area contributed by atoms with Crippen LogP contribution in [0.25, 0.3) is 0 Å². The van der Waals surface area contributed by atoms with E-state index in [9.17, 15) is 9.59 Å². The third kappa shape index (κ3) is 11.1. The molecule has 6 heteroatoms. The molecule has 0 N–H and O–H groups in total. The van der Waals surface area contributed by atoms with Crippen LogP contribution < -0.4 is 0 Å². The fourth-order valence-corrected chi connectivity index (χ4v) is 0.859. The number of ether oxygens (including phenoxy) is 4. The number of hydrogen-bond donors (Lipinski definition) is 0. The molecule has 100 valence electrons. The van der Waals surface area contributed by atoms with Crippen LogP contribution in [-0.2, 0) is 28.5 Å². The normalized spacial score (nSPS) is 11.1. The van der Waals surface area contributed by atoms with Gasteiger partial charge in [-0.2, -0.15) is 0 Å². The maximum Gasteiger partial charge on any atom is 0.332 e. The molecule has 0 bridgehead atoms. The Balaban J connectivity index is 3.40. The molecule has 0 unspecified atom stereocenters. The average molecular weight is 248 g/mol. The second kappa shape index (κ2) is 8.03. The third-order valence-electron chi connectivity index (χ3n) is 1.46. The Morgan fingerprint density at radius 1 is 0.941 bits per heavy atom. The van der Waals surface area contributed by atoms with E-state index < -0.39 is 17.5 Å². The van der Waals surface area contributed by atoms with Crippen molar-refractivity contribution in [2.24, 2.45) is 0 Å². The minimum absolute atomic E-state index is 0.119. The molecule has 0 spiro atoms. The van der Waals surface area contributed by atoms with Gasteiger partial charge in [0, 0.05) is 0 Å². The van der Waals surface area contributed by atoms with Crippen LogP contribution in [0.4, 0.5) is 0 Å². The van der Waals surface area contributed by atoms with Crippen molar-refractivity contribution in [2.75, 3.05) is 33.5 Å². The summed E-state index contributed by atoms with van der Waals surface area (Å²) in [5.41, 5.74) is -0.512.